The summed E-state index contributed by atoms with van der Waals surface area (Å²) in [5, 5.41) is 15.1. The first-order valence-corrected chi connectivity index (χ1v) is 9.26. The molecular formula is C20H26N4O3. The topological polar surface area (TPSA) is 94.9 Å². The fraction of sp³-hybridized carbons (Fsp3) is 0.400. The van der Waals surface area contributed by atoms with Crippen molar-refractivity contribution in [3.05, 3.63) is 60.0 Å². The molecule has 0 saturated carbocycles. The smallest absolute Gasteiger partial charge is 0.210 e. The SMILES string of the molecule is CC.Nc1ncnn2c(C3(O)CCC(COCc4ccccc4)O3)ccc12. The summed E-state index contributed by atoms with van der Waals surface area (Å²) in [6.07, 6.45) is 2.38. The first-order chi connectivity index (χ1) is 13.2. The van der Waals surface area contributed by atoms with Crippen molar-refractivity contribution in [3.8, 4) is 0 Å². The van der Waals surface area contributed by atoms with Crippen LogP contribution in [0.25, 0.3) is 5.52 Å². The van der Waals surface area contributed by atoms with E-state index in [1.807, 2.05) is 44.2 Å². The Bertz CT molecular complexity index is 868. The van der Waals surface area contributed by atoms with Crippen LogP contribution in [0, 0.1) is 0 Å². The third-order valence-electron chi connectivity index (χ3n) is 4.46. The number of nitrogens with zero attached hydrogens (tertiary/aromatic N) is 3. The molecule has 7 heteroatoms. The Hall–Kier alpha value is -2.48. The highest BCUT2D eigenvalue weighted by Gasteiger charge is 2.42. The van der Waals surface area contributed by atoms with Crippen LogP contribution in [-0.4, -0.2) is 32.4 Å². The number of rotatable bonds is 5. The first-order valence-electron chi connectivity index (χ1n) is 9.26. The van der Waals surface area contributed by atoms with Gasteiger partial charge < -0.3 is 20.3 Å². The molecule has 1 saturated heterocycles. The summed E-state index contributed by atoms with van der Waals surface area (Å²) in [7, 11) is 0. The van der Waals surface area contributed by atoms with Crippen LogP contribution < -0.4 is 5.73 Å². The fourth-order valence-electron chi connectivity index (χ4n) is 3.19. The molecule has 0 aliphatic carbocycles. The van der Waals surface area contributed by atoms with Crippen molar-refractivity contribution in [2.75, 3.05) is 12.3 Å². The van der Waals surface area contributed by atoms with Crippen molar-refractivity contribution in [2.24, 2.45) is 0 Å². The second kappa shape index (κ2) is 8.47. The molecule has 2 aromatic heterocycles. The van der Waals surface area contributed by atoms with Crippen LogP contribution in [0.1, 0.15) is 37.9 Å². The molecule has 27 heavy (non-hydrogen) atoms. The van der Waals surface area contributed by atoms with Gasteiger partial charge in [-0.05, 0) is 24.1 Å². The number of nitrogen functional groups attached to an aromatic ring is 1. The van der Waals surface area contributed by atoms with Gasteiger partial charge in [-0.3, -0.25) is 0 Å². The van der Waals surface area contributed by atoms with Crippen molar-refractivity contribution in [1.29, 1.82) is 0 Å². The highest BCUT2D eigenvalue weighted by atomic mass is 16.6. The van der Waals surface area contributed by atoms with Crippen LogP contribution in [0.4, 0.5) is 5.82 Å². The normalized spacial score (nSPS) is 21.8. The Morgan fingerprint density at radius 2 is 2.04 bits per heavy atom. The molecular weight excluding hydrogens is 344 g/mol. The number of ether oxygens (including phenoxy) is 2. The Morgan fingerprint density at radius 1 is 1.26 bits per heavy atom. The average Bonchev–Trinajstić information content (AvgIpc) is 3.30. The number of aromatic nitrogens is 3. The van der Waals surface area contributed by atoms with Crippen LogP contribution in [0.3, 0.4) is 0 Å². The second-order valence-corrected chi connectivity index (χ2v) is 6.22. The largest absolute Gasteiger partial charge is 0.382 e. The number of hydrogen-bond donors (Lipinski definition) is 2. The zero-order valence-corrected chi connectivity index (χ0v) is 15.7. The summed E-state index contributed by atoms with van der Waals surface area (Å²) in [5.74, 6) is -1.03. The zero-order valence-electron chi connectivity index (χ0n) is 15.7. The van der Waals surface area contributed by atoms with Crippen molar-refractivity contribution >= 4 is 11.3 Å². The Balaban J connectivity index is 0.00000102. The minimum Gasteiger partial charge on any atom is -0.382 e. The van der Waals surface area contributed by atoms with Gasteiger partial charge in [0.2, 0.25) is 5.79 Å². The monoisotopic (exact) mass is 370 g/mol. The molecule has 4 rings (SSSR count). The summed E-state index contributed by atoms with van der Waals surface area (Å²) in [6, 6.07) is 13.5. The van der Waals surface area contributed by atoms with E-state index in [9.17, 15) is 5.11 Å². The maximum atomic E-state index is 10.9. The molecule has 0 bridgehead atoms. The van der Waals surface area contributed by atoms with Gasteiger partial charge in [-0.15, -0.1) is 0 Å². The molecule has 3 aromatic rings. The van der Waals surface area contributed by atoms with Crippen molar-refractivity contribution < 1.29 is 14.6 Å². The maximum absolute atomic E-state index is 10.9. The van der Waals surface area contributed by atoms with Crippen molar-refractivity contribution in [3.63, 3.8) is 0 Å². The van der Waals surface area contributed by atoms with Gasteiger partial charge in [-0.25, -0.2) is 9.50 Å². The van der Waals surface area contributed by atoms with Gasteiger partial charge >= 0.3 is 0 Å². The standard InChI is InChI=1S/C18H20N4O3.C2H6/c19-17-15-6-7-16(22(15)21-12-20-17)18(23)9-8-14(25-18)11-24-10-13-4-2-1-3-5-13;1-2/h1-7,12,14,23H,8-11H2,(H2,19,20,21);1-2H3. The summed E-state index contributed by atoms with van der Waals surface area (Å²) in [4.78, 5) is 3.96. The van der Waals surface area contributed by atoms with Gasteiger partial charge in [0.25, 0.3) is 0 Å². The second-order valence-electron chi connectivity index (χ2n) is 6.22. The molecule has 0 spiro atoms. The number of aliphatic hydroxyl groups is 1. The lowest BCUT2D eigenvalue weighted by molar-refractivity contribution is -0.211. The quantitative estimate of drug-likeness (QED) is 0.717. The molecule has 3 N–H and O–H groups in total. The number of nitrogens with two attached hydrogens (primary N) is 1. The highest BCUT2D eigenvalue weighted by molar-refractivity contribution is 5.65. The molecule has 0 radical (unpaired) electrons. The third-order valence-corrected chi connectivity index (χ3v) is 4.46. The Labute approximate surface area is 158 Å². The summed E-state index contributed by atoms with van der Waals surface area (Å²) >= 11 is 0. The lowest BCUT2D eigenvalue weighted by Crippen LogP contribution is -2.29. The van der Waals surface area contributed by atoms with Gasteiger partial charge in [0.15, 0.2) is 5.82 Å². The Kier molecular flexibility index (Phi) is 6.05. The lowest BCUT2D eigenvalue weighted by Gasteiger charge is -2.23. The minimum atomic E-state index is -1.39. The van der Waals surface area contributed by atoms with E-state index in [0.29, 0.717) is 43.1 Å². The molecule has 1 aliphatic rings. The number of fused-ring (bicyclic) bond motifs is 1. The molecule has 2 unspecified atom stereocenters. The van der Waals surface area contributed by atoms with Gasteiger partial charge in [0, 0.05) is 6.42 Å². The zero-order chi connectivity index (χ0) is 19.3. The van der Waals surface area contributed by atoms with E-state index in [1.165, 1.54) is 6.33 Å². The van der Waals surface area contributed by atoms with Crippen molar-refractivity contribution in [1.82, 2.24) is 14.6 Å². The fourth-order valence-corrected chi connectivity index (χ4v) is 3.19. The molecule has 1 fully saturated rings. The molecule has 2 atom stereocenters. The van der Waals surface area contributed by atoms with Crippen LogP contribution in [0.5, 0.6) is 0 Å². The van der Waals surface area contributed by atoms with E-state index in [4.69, 9.17) is 15.2 Å². The van der Waals surface area contributed by atoms with Crippen LogP contribution >= 0.6 is 0 Å². The first kappa shape index (κ1) is 19.3. The van der Waals surface area contributed by atoms with Crippen molar-refractivity contribution in [2.45, 2.75) is 45.2 Å². The molecule has 144 valence electrons. The van der Waals surface area contributed by atoms with Gasteiger partial charge in [-0.2, -0.15) is 5.10 Å². The molecule has 0 amide bonds. The molecule has 3 heterocycles. The summed E-state index contributed by atoms with van der Waals surface area (Å²) < 4.78 is 13.2. The number of benzene rings is 1. The average molecular weight is 370 g/mol. The Morgan fingerprint density at radius 3 is 2.81 bits per heavy atom. The van der Waals surface area contributed by atoms with E-state index in [2.05, 4.69) is 10.1 Å². The van der Waals surface area contributed by atoms with E-state index < -0.39 is 5.79 Å². The minimum absolute atomic E-state index is 0.168. The van der Waals surface area contributed by atoms with Gasteiger partial charge in [0.1, 0.15) is 17.5 Å². The predicted octanol–water partition coefficient (Wildman–Crippen LogP) is 2.88. The summed E-state index contributed by atoms with van der Waals surface area (Å²) in [5.41, 5.74) is 8.17. The molecule has 1 aromatic carbocycles. The van der Waals surface area contributed by atoms with Crippen LogP contribution in [0.15, 0.2) is 48.8 Å². The number of hydrogen-bond acceptors (Lipinski definition) is 6. The van der Waals surface area contributed by atoms with E-state index in [0.717, 1.165) is 5.56 Å². The number of anilines is 1. The van der Waals surface area contributed by atoms with Crippen LogP contribution in [-0.2, 0) is 21.9 Å². The van der Waals surface area contributed by atoms with Gasteiger partial charge in [0.05, 0.1) is 19.3 Å². The van der Waals surface area contributed by atoms with Gasteiger partial charge in [-0.1, -0.05) is 44.2 Å². The summed E-state index contributed by atoms with van der Waals surface area (Å²) in [6.45, 7) is 4.95. The third kappa shape index (κ3) is 4.10. The van der Waals surface area contributed by atoms with Crippen LogP contribution in [0.2, 0.25) is 0 Å². The molecule has 7 nitrogen and oxygen atoms in total. The van der Waals surface area contributed by atoms with E-state index >= 15 is 0 Å². The van der Waals surface area contributed by atoms with E-state index in [1.54, 1.807) is 16.6 Å². The predicted molar refractivity (Wildman–Crippen MR) is 103 cm³/mol. The highest BCUT2D eigenvalue weighted by Crippen LogP contribution is 2.37. The van der Waals surface area contributed by atoms with E-state index in [-0.39, 0.29) is 6.10 Å². The lowest BCUT2D eigenvalue weighted by atomic mass is 10.1. The molecule has 1 aliphatic heterocycles. The maximum Gasteiger partial charge on any atom is 0.210 e.